The molecule has 0 amide bonds. The van der Waals surface area contributed by atoms with E-state index in [0.717, 1.165) is 42.9 Å². The second kappa shape index (κ2) is 7.09. The number of thioether (sulfide) groups is 1. The van der Waals surface area contributed by atoms with Crippen LogP contribution in [0.1, 0.15) is 43.5 Å². The molecular weight excluding hydrogens is 282 g/mol. The zero-order valence-electron chi connectivity index (χ0n) is 12.3. The summed E-state index contributed by atoms with van der Waals surface area (Å²) in [6.07, 6.45) is 4.55. The lowest BCUT2D eigenvalue weighted by molar-refractivity contribution is 0.373. The van der Waals surface area contributed by atoms with Crippen LogP contribution < -0.4 is 5.32 Å². The lowest BCUT2D eigenvalue weighted by Crippen LogP contribution is -2.15. The van der Waals surface area contributed by atoms with Crippen LogP contribution in [0.5, 0.6) is 0 Å². The minimum atomic E-state index is 0.746. The quantitative estimate of drug-likeness (QED) is 0.756. The van der Waals surface area contributed by atoms with Gasteiger partial charge in [-0.2, -0.15) is 4.98 Å². The highest BCUT2D eigenvalue weighted by molar-refractivity contribution is 7.98. The average molecular weight is 303 g/mol. The van der Waals surface area contributed by atoms with Crippen molar-refractivity contribution in [3.63, 3.8) is 0 Å². The summed E-state index contributed by atoms with van der Waals surface area (Å²) in [5, 5.41) is 7.56. The Bertz CT molecular complexity index is 580. The molecular formula is C16H21N3OS. The predicted octanol–water partition coefficient (Wildman–Crippen LogP) is 3.57. The summed E-state index contributed by atoms with van der Waals surface area (Å²) in [7, 11) is 0. The Morgan fingerprint density at radius 2 is 2.29 bits per heavy atom. The first-order valence-corrected chi connectivity index (χ1v) is 8.58. The van der Waals surface area contributed by atoms with Crippen LogP contribution in [-0.2, 0) is 18.7 Å². The molecule has 0 aliphatic heterocycles. The van der Waals surface area contributed by atoms with Gasteiger partial charge in [-0.1, -0.05) is 24.2 Å². The molecule has 4 nitrogen and oxygen atoms in total. The topological polar surface area (TPSA) is 51.0 Å². The average Bonchev–Trinajstić information content (AvgIpc) is 3.23. The Hall–Kier alpha value is -1.33. The number of hydrogen-bond donors (Lipinski definition) is 1. The molecule has 2 aromatic rings. The first kappa shape index (κ1) is 14.6. The lowest BCUT2D eigenvalue weighted by atomic mass is 10.2. The van der Waals surface area contributed by atoms with E-state index in [9.17, 15) is 0 Å². The van der Waals surface area contributed by atoms with Crippen LogP contribution in [0.2, 0.25) is 0 Å². The molecule has 1 fully saturated rings. The number of rotatable bonds is 8. The smallest absolute Gasteiger partial charge is 0.226 e. The van der Waals surface area contributed by atoms with E-state index in [1.54, 1.807) is 11.8 Å². The largest absolute Gasteiger partial charge is 0.339 e. The minimum Gasteiger partial charge on any atom is -0.339 e. The molecule has 1 aliphatic rings. The summed E-state index contributed by atoms with van der Waals surface area (Å²) in [6.45, 7) is 3.07. The molecule has 0 radical (unpaired) electrons. The fourth-order valence-electron chi connectivity index (χ4n) is 2.11. The molecule has 0 atom stereocenters. The van der Waals surface area contributed by atoms with E-state index in [2.05, 4.69) is 46.6 Å². The van der Waals surface area contributed by atoms with E-state index in [0.29, 0.717) is 0 Å². The van der Waals surface area contributed by atoms with Gasteiger partial charge >= 0.3 is 0 Å². The molecule has 112 valence electrons. The zero-order valence-corrected chi connectivity index (χ0v) is 13.2. The fourth-order valence-corrected chi connectivity index (χ4v) is 2.93. The number of nitrogens with zero attached hydrogens (tertiary/aromatic N) is 2. The molecule has 21 heavy (non-hydrogen) atoms. The Kier molecular flexibility index (Phi) is 4.93. The number of hydrogen-bond acceptors (Lipinski definition) is 5. The number of aromatic nitrogens is 2. The Balaban J connectivity index is 1.52. The van der Waals surface area contributed by atoms with E-state index in [1.165, 1.54) is 23.3 Å². The third-order valence-electron chi connectivity index (χ3n) is 3.41. The van der Waals surface area contributed by atoms with Crippen LogP contribution in [0.4, 0.5) is 0 Å². The summed E-state index contributed by atoms with van der Waals surface area (Å²) in [5.41, 5.74) is 1.34. The molecule has 0 spiro atoms. The Morgan fingerprint density at radius 3 is 3.10 bits per heavy atom. The molecule has 1 saturated carbocycles. The van der Waals surface area contributed by atoms with Crippen molar-refractivity contribution in [2.24, 2.45) is 0 Å². The lowest BCUT2D eigenvalue weighted by Gasteiger charge is -2.05. The van der Waals surface area contributed by atoms with Crippen molar-refractivity contribution in [2.75, 3.05) is 0 Å². The first-order chi connectivity index (χ1) is 10.3. The monoisotopic (exact) mass is 303 g/mol. The van der Waals surface area contributed by atoms with Crippen LogP contribution in [-0.4, -0.2) is 16.2 Å². The highest BCUT2D eigenvalue weighted by Crippen LogP contribution is 2.24. The van der Waals surface area contributed by atoms with Crippen molar-refractivity contribution in [2.45, 2.75) is 55.8 Å². The molecule has 1 N–H and O–H groups in total. The van der Waals surface area contributed by atoms with Crippen LogP contribution in [0.3, 0.4) is 0 Å². The van der Waals surface area contributed by atoms with Crippen molar-refractivity contribution >= 4 is 11.8 Å². The van der Waals surface area contributed by atoms with Gasteiger partial charge in [0, 0.05) is 23.9 Å². The first-order valence-electron chi connectivity index (χ1n) is 7.60. The standard InChI is InChI=1S/C16H21N3OS/c1-2-4-16-18-15(19-20-16)11-21-14-6-3-5-12(9-14)10-17-13-7-8-13/h3,5-6,9,13,17H,2,4,7-8,10-11H2,1H3. The second-order valence-corrected chi connectivity index (χ2v) is 6.49. The summed E-state index contributed by atoms with van der Waals surface area (Å²) < 4.78 is 5.20. The van der Waals surface area contributed by atoms with Gasteiger partial charge < -0.3 is 9.84 Å². The summed E-state index contributed by atoms with van der Waals surface area (Å²) in [6, 6.07) is 9.42. The minimum absolute atomic E-state index is 0.746. The molecule has 1 heterocycles. The predicted molar refractivity (Wildman–Crippen MR) is 84.2 cm³/mol. The zero-order chi connectivity index (χ0) is 14.5. The van der Waals surface area contributed by atoms with E-state index >= 15 is 0 Å². The SMILES string of the molecule is CCCc1nc(CSc2cccc(CNC3CC3)c2)no1. The molecule has 0 bridgehead atoms. The summed E-state index contributed by atoms with van der Waals surface area (Å²) in [4.78, 5) is 5.65. The van der Waals surface area contributed by atoms with Gasteiger partial charge in [-0.25, -0.2) is 0 Å². The fraction of sp³-hybridized carbons (Fsp3) is 0.500. The van der Waals surface area contributed by atoms with Crippen molar-refractivity contribution < 1.29 is 4.52 Å². The van der Waals surface area contributed by atoms with Crippen LogP contribution in [0.15, 0.2) is 33.7 Å². The van der Waals surface area contributed by atoms with Gasteiger partial charge in [0.2, 0.25) is 5.89 Å². The number of benzene rings is 1. The number of aryl methyl sites for hydroxylation is 1. The Morgan fingerprint density at radius 1 is 1.38 bits per heavy atom. The van der Waals surface area contributed by atoms with Gasteiger partial charge in [-0.15, -0.1) is 11.8 Å². The van der Waals surface area contributed by atoms with Crippen LogP contribution in [0, 0.1) is 0 Å². The second-order valence-electron chi connectivity index (χ2n) is 5.45. The molecule has 1 aromatic carbocycles. The van der Waals surface area contributed by atoms with Gasteiger partial charge in [-0.05, 0) is 37.0 Å². The third kappa shape index (κ3) is 4.58. The van der Waals surface area contributed by atoms with E-state index in [4.69, 9.17) is 4.52 Å². The Labute approximate surface area is 129 Å². The third-order valence-corrected chi connectivity index (χ3v) is 4.40. The molecule has 1 aromatic heterocycles. The van der Waals surface area contributed by atoms with Gasteiger partial charge in [0.05, 0.1) is 5.75 Å². The molecule has 1 aliphatic carbocycles. The van der Waals surface area contributed by atoms with Gasteiger partial charge in [0.25, 0.3) is 0 Å². The van der Waals surface area contributed by atoms with Gasteiger partial charge in [0.15, 0.2) is 5.82 Å². The summed E-state index contributed by atoms with van der Waals surface area (Å²) >= 11 is 1.76. The maximum Gasteiger partial charge on any atom is 0.226 e. The van der Waals surface area contributed by atoms with Gasteiger partial charge in [0.1, 0.15) is 0 Å². The van der Waals surface area contributed by atoms with Crippen molar-refractivity contribution in [3.05, 3.63) is 41.5 Å². The molecule has 3 rings (SSSR count). The van der Waals surface area contributed by atoms with E-state index in [-0.39, 0.29) is 0 Å². The van der Waals surface area contributed by atoms with Crippen molar-refractivity contribution in [3.8, 4) is 0 Å². The maximum absolute atomic E-state index is 5.20. The van der Waals surface area contributed by atoms with Crippen molar-refractivity contribution in [1.82, 2.24) is 15.5 Å². The highest BCUT2D eigenvalue weighted by atomic mass is 32.2. The van der Waals surface area contributed by atoms with E-state index in [1.807, 2.05) is 0 Å². The van der Waals surface area contributed by atoms with E-state index < -0.39 is 0 Å². The molecule has 5 heteroatoms. The van der Waals surface area contributed by atoms with Crippen LogP contribution >= 0.6 is 11.8 Å². The normalized spacial score (nSPS) is 14.5. The van der Waals surface area contributed by atoms with Crippen molar-refractivity contribution in [1.29, 1.82) is 0 Å². The molecule has 0 unspecified atom stereocenters. The highest BCUT2D eigenvalue weighted by Gasteiger charge is 2.19. The maximum atomic E-state index is 5.20. The number of nitrogens with one attached hydrogen (secondary N) is 1. The summed E-state index contributed by atoms with van der Waals surface area (Å²) in [5.74, 6) is 2.28. The molecule has 0 saturated heterocycles. The van der Waals surface area contributed by atoms with Crippen LogP contribution in [0.25, 0.3) is 0 Å². The van der Waals surface area contributed by atoms with Gasteiger partial charge in [-0.3, -0.25) is 0 Å².